The summed E-state index contributed by atoms with van der Waals surface area (Å²) in [6.07, 6.45) is 0.281. The number of benzene rings is 3. The third-order valence-electron chi connectivity index (χ3n) is 5.24. The van der Waals surface area contributed by atoms with Gasteiger partial charge in [0.25, 0.3) is 0 Å². The number of anilines is 2. The molecule has 0 atom stereocenters. The van der Waals surface area contributed by atoms with Crippen LogP contribution in [0.1, 0.15) is 20.3 Å². The van der Waals surface area contributed by atoms with Gasteiger partial charge in [0.2, 0.25) is 5.91 Å². The van der Waals surface area contributed by atoms with Gasteiger partial charge in [0.1, 0.15) is 11.6 Å². The zero-order valence-corrected chi connectivity index (χ0v) is 18.8. The third-order valence-corrected chi connectivity index (χ3v) is 5.24. The summed E-state index contributed by atoms with van der Waals surface area (Å²) < 4.78 is 13.1. The predicted octanol–water partition coefficient (Wildman–Crippen LogP) is 5.93. The fourth-order valence-corrected chi connectivity index (χ4v) is 3.73. The van der Waals surface area contributed by atoms with E-state index in [1.165, 1.54) is 12.1 Å². The van der Waals surface area contributed by atoms with Gasteiger partial charge >= 0.3 is 0 Å². The Kier molecular flexibility index (Phi) is 6.93. The van der Waals surface area contributed by atoms with E-state index in [0.717, 1.165) is 28.8 Å². The molecule has 0 aliphatic carbocycles. The minimum atomic E-state index is -0.332. The van der Waals surface area contributed by atoms with E-state index in [-0.39, 0.29) is 18.1 Å². The zero-order valence-electron chi connectivity index (χ0n) is 18.8. The Hall–Kier alpha value is -3.80. The molecule has 0 saturated carbocycles. The Bertz CT molecular complexity index is 1230. The molecule has 4 aromatic rings. The van der Waals surface area contributed by atoms with Crippen molar-refractivity contribution >= 4 is 28.3 Å². The summed E-state index contributed by atoms with van der Waals surface area (Å²) in [7, 11) is 0. The van der Waals surface area contributed by atoms with Crippen LogP contribution in [0.2, 0.25) is 0 Å². The van der Waals surface area contributed by atoms with E-state index < -0.39 is 0 Å². The molecule has 33 heavy (non-hydrogen) atoms. The van der Waals surface area contributed by atoms with Gasteiger partial charge in [-0.25, -0.2) is 14.4 Å². The lowest BCUT2D eigenvalue weighted by Crippen LogP contribution is -2.32. The molecule has 1 heterocycles. The average molecular weight is 443 g/mol. The SMILES string of the molecule is CC(C)CN(CCC(=O)Nc1ccc(F)cc1)c1nc(-c2ccccc2)nc2ccccc12. The smallest absolute Gasteiger partial charge is 0.226 e. The molecule has 3 aromatic carbocycles. The second-order valence-corrected chi connectivity index (χ2v) is 8.40. The molecule has 0 unspecified atom stereocenters. The number of hydrogen-bond donors (Lipinski definition) is 1. The van der Waals surface area contributed by atoms with Crippen molar-refractivity contribution in [1.82, 2.24) is 9.97 Å². The summed E-state index contributed by atoms with van der Waals surface area (Å²) in [6, 6.07) is 23.6. The summed E-state index contributed by atoms with van der Waals surface area (Å²) in [6.45, 7) is 5.54. The van der Waals surface area contributed by atoms with Gasteiger partial charge in [0.05, 0.1) is 5.52 Å². The number of nitrogens with one attached hydrogen (secondary N) is 1. The second kappa shape index (κ2) is 10.2. The molecule has 0 aliphatic heterocycles. The van der Waals surface area contributed by atoms with Crippen molar-refractivity contribution in [1.29, 1.82) is 0 Å². The average Bonchev–Trinajstić information content (AvgIpc) is 2.83. The molecule has 5 nitrogen and oxygen atoms in total. The first-order valence-corrected chi connectivity index (χ1v) is 11.1. The lowest BCUT2D eigenvalue weighted by atomic mass is 10.1. The van der Waals surface area contributed by atoms with Crippen molar-refractivity contribution in [3.05, 3.63) is 84.7 Å². The first-order valence-electron chi connectivity index (χ1n) is 11.1. The Morgan fingerprint density at radius 1 is 0.939 bits per heavy atom. The molecule has 4 rings (SSSR count). The van der Waals surface area contributed by atoms with E-state index >= 15 is 0 Å². The Morgan fingerprint density at radius 2 is 1.64 bits per heavy atom. The van der Waals surface area contributed by atoms with E-state index in [1.54, 1.807) is 12.1 Å². The van der Waals surface area contributed by atoms with Crippen molar-refractivity contribution in [3.8, 4) is 11.4 Å². The molecule has 6 heteroatoms. The third kappa shape index (κ3) is 5.71. The van der Waals surface area contributed by atoms with Crippen molar-refractivity contribution in [3.63, 3.8) is 0 Å². The van der Waals surface area contributed by atoms with Gasteiger partial charge in [0, 0.05) is 36.1 Å². The van der Waals surface area contributed by atoms with Crippen LogP contribution in [0.5, 0.6) is 0 Å². The summed E-state index contributed by atoms with van der Waals surface area (Å²) in [4.78, 5) is 24.5. The van der Waals surface area contributed by atoms with Crippen LogP contribution in [0.15, 0.2) is 78.9 Å². The molecule has 0 fully saturated rings. The quantitative estimate of drug-likeness (QED) is 0.368. The van der Waals surface area contributed by atoms with Crippen LogP contribution >= 0.6 is 0 Å². The summed E-state index contributed by atoms with van der Waals surface area (Å²) in [5, 5.41) is 3.79. The number of nitrogens with zero attached hydrogens (tertiary/aromatic N) is 3. The second-order valence-electron chi connectivity index (χ2n) is 8.40. The van der Waals surface area contributed by atoms with Gasteiger partial charge in [0.15, 0.2) is 5.82 Å². The van der Waals surface area contributed by atoms with Gasteiger partial charge < -0.3 is 10.2 Å². The number of aromatic nitrogens is 2. The number of carbonyl (C=O) groups is 1. The van der Waals surface area contributed by atoms with Crippen LogP contribution in [-0.2, 0) is 4.79 Å². The summed E-state index contributed by atoms with van der Waals surface area (Å²) in [5.41, 5.74) is 2.39. The van der Waals surface area contributed by atoms with Gasteiger partial charge in [-0.2, -0.15) is 0 Å². The fourth-order valence-electron chi connectivity index (χ4n) is 3.73. The van der Waals surface area contributed by atoms with Gasteiger partial charge in [-0.05, 0) is 42.3 Å². The topological polar surface area (TPSA) is 58.1 Å². The van der Waals surface area contributed by atoms with E-state index in [2.05, 4.69) is 24.1 Å². The van der Waals surface area contributed by atoms with Crippen molar-refractivity contribution in [2.45, 2.75) is 20.3 Å². The summed E-state index contributed by atoms with van der Waals surface area (Å²) >= 11 is 0. The van der Waals surface area contributed by atoms with Crippen LogP contribution in [0, 0.1) is 11.7 Å². The van der Waals surface area contributed by atoms with E-state index in [4.69, 9.17) is 9.97 Å². The highest BCUT2D eigenvalue weighted by atomic mass is 19.1. The van der Waals surface area contributed by atoms with Crippen molar-refractivity contribution in [2.24, 2.45) is 5.92 Å². The van der Waals surface area contributed by atoms with Crippen LogP contribution in [0.25, 0.3) is 22.3 Å². The highest BCUT2D eigenvalue weighted by Gasteiger charge is 2.18. The standard InChI is InChI=1S/C27H27FN4O/c1-19(2)18-32(17-16-25(33)29-22-14-12-21(28)13-15-22)27-23-10-6-7-11-24(23)30-26(31-27)20-8-4-3-5-9-20/h3-15,19H,16-18H2,1-2H3,(H,29,33). The predicted molar refractivity (Wildman–Crippen MR) is 132 cm³/mol. The summed E-state index contributed by atoms with van der Waals surface area (Å²) in [5.74, 6) is 1.40. The molecule has 0 bridgehead atoms. The van der Waals surface area contributed by atoms with Gasteiger partial charge in [-0.15, -0.1) is 0 Å². The Morgan fingerprint density at radius 3 is 2.36 bits per heavy atom. The van der Waals surface area contributed by atoms with E-state index in [1.807, 2.05) is 54.6 Å². The number of carbonyl (C=O) groups excluding carboxylic acids is 1. The number of fused-ring (bicyclic) bond motifs is 1. The Labute approximate surface area is 193 Å². The molecular formula is C27H27FN4O. The van der Waals surface area contributed by atoms with Crippen LogP contribution in [-0.4, -0.2) is 29.0 Å². The molecule has 1 aromatic heterocycles. The zero-order chi connectivity index (χ0) is 23.2. The monoisotopic (exact) mass is 442 g/mol. The number of para-hydroxylation sites is 1. The molecular weight excluding hydrogens is 415 g/mol. The first kappa shape index (κ1) is 22.4. The normalized spacial score (nSPS) is 11.0. The molecule has 0 spiro atoms. The maximum atomic E-state index is 13.1. The van der Waals surface area contributed by atoms with Crippen molar-refractivity contribution in [2.75, 3.05) is 23.3 Å². The number of hydrogen-bond acceptors (Lipinski definition) is 4. The van der Waals surface area contributed by atoms with Crippen LogP contribution in [0.3, 0.4) is 0 Å². The van der Waals surface area contributed by atoms with Crippen LogP contribution in [0.4, 0.5) is 15.9 Å². The molecule has 1 N–H and O–H groups in total. The first-order chi connectivity index (χ1) is 16.0. The van der Waals surface area contributed by atoms with Gasteiger partial charge in [-0.1, -0.05) is 56.3 Å². The highest BCUT2D eigenvalue weighted by molar-refractivity contribution is 5.93. The molecule has 1 amide bonds. The van der Waals surface area contributed by atoms with Crippen LogP contribution < -0.4 is 10.2 Å². The van der Waals surface area contributed by atoms with Gasteiger partial charge in [-0.3, -0.25) is 4.79 Å². The minimum absolute atomic E-state index is 0.128. The lowest BCUT2D eigenvalue weighted by molar-refractivity contribution is -0.116. The van der Waals surface area contributed by atoms with Crippen molar-refractivity contribution < 1.29 is 9.18 Å². The van der Waals surface area contributed by atoms with E-state index in [0.29, 0.717) is 24.0 Å². The molecule has 0 saturated heterocycles. The molecule has 0 radical (unpaired) electrons. The molecule has 0 aliphatic rings. The largest absolute Gasteiger partial charge is 0.355 e. The maximum absolute atomic E-state index is 13.1. The highest BCUT2D eigenvalue weighted by Crippen LogP contribution is 2.28. The maximum Gasteiger partial charge on any atom is 0.226 e. The Balaban J connectivity index is 1.62. The number of rotatable bonds is 8. The minimum Gasteiger partial charge on any atom is -0.355 e. The number of halogens is 1. The number of amides is 1. The van der Waals surface area contributed by atoms with E-state index in [9.17, 15) is 9.18 Å². The fraction of sp³-hybridized carbons (Fsp3) is 0.222. The lowest BCUT2D eigenvalue weighted by Gasteiger charge is -2.27. The molecule has 168 valence electrons.